The van der Waals surface area contributed by atoms with Crippen molar-refractivity contribution in [2.75, 3.05) is 25.0 Å². The molecule has 0 unspecified atom stereocenters. The molecule has 0 bridgehead atoms. The highest BCUT2D eigenvalue weighted by Gasteiger charge is 2.28. The van der Waals surface area contributed by atoms with E-state index in [1.165, 1.54) is 24.2 Å². The molecule has 6 nitrogen and oxygen atoms in total. The summed E-state index contributed by atoms with van der Waals surface area (Å²) in [7, 11) is 0. The summed E-state index contributed by atoms with van der Waals surface area (Å²) >= 11 is 1.45. The number of aliphatic hydroxyl groups excluding tert-OH is 1. The lowest BCUT2D eigenvalue weighted by Gasteiger charge is -2.20. The first kappa shape index (κ1) is 14.2. The summed E-state index contributed by atoms with van der Waals surface area (Å²) in [5.74, 6) is 0.553. The van der Waals surface area contributed by atoms with Gasteiger partial charge in [0.25, 0.3) is 0 Å². The Balaban J connectivity index is 1.88. The van der Waals surface area contributed by atoms with Gasteiger partial charge in [-0.25, -0.2) is 4.79 Å². The van der Waals surface area contributed by atoms with Crippen LogP contribution in [-0.4, -0.2) is 45.9 Å². The third kappa shape index (κ3) is 4.14. The smallest absolute Gasteiger partial charge is 0.323 e. The fraction of sp³-hybridized carbons (Fsp3) is 0.750. The summed E-state index contributed by atoms with van der Waals surface area (Å²) in [6.45, 7) is 3.04. The molecular formula is C12H20N4O2S. The number of nitrogens with zero attached hydrogens (tertiary/aromatic N) is 3. The van der Waals surface area contributed by atoms with E-state index < -0.39 is 0 Å². The highest BCUT2D eigenvalue weighted by atomic mass is 32.1. The van der Waals surface area contributed by atoms with Gasteiger partial charge in [0.15, 0.2) is 0 Å². The number of urea groups is 1. The van der Waals surface area contributed by atoms with Crippen LogP contribution < -0.4 is 5.32 Å². The van der Waals surface area contributed by atoms with Crippen molar-refractivity contribution in [2.24, 2.45) is 0 Å². The van der Waals surface area contributed by atoms with Crippen molar-refractivity contribution in [3.05, 3.63) is 5.01 Å². The van der Waals surface area contributed by atoms with Crippen molar-refractivity contribution < 1.29 is 9.90 Å². The van der Waals surface area contributed by atoms with Crippen LogP contribution in [0.3, 0.4) is 0 Å². The number of hydrogen-bond donors (Lipinski definition) is 2. The highest BCUT2D eigenvalue weighted by molar-refractivity contribution is 7.15. The predicted molar refractivity (Wildman–Crippen MR) is 74.5 cm³/mol. The fourth-order valence-electron chi connectivity index (χ4n) is 1.74. The molecule has 1 heterocycles. The molecule has 1 fully saturated rings. The Morgan fingerprint density at radius 2 is 2.26 bits per heavy atom. The molecule has 2 N–H and O–H groups in total. The molecule has 1 saturated carbocycles. The van der Waals surface area contributed by atoms with Gasteiger partial charge in [-0.2, -0.15) is 0 Å². The monoisotopic (exact) mass is 284 g/mol. The molecule has 7 heteroatoms. The van der Waals surface area contributed by atoms with Crippen molar-refractivity contribution in [1.29, 1.82) is 0 Å². The molecule has 19 heavy (non-hydrogen) atoms. The zero-order valence-corrected chi connectivity index (χ0v) is 11.9. The molecule has 106 valence electrons. The third-order valence-electron chi connectivity index (χ3n) is 3.02. The Hall–Kier alpha value is -1.21. The van der Waals surface area contributed by atoms with Crippen LogP contribution in [0.2, 0.25) is 0 Å². The van der Waals surface area contributed by atoms with E-state index in [0.717, 1.165) is 17.8 Å². The van der Waals surface area contributed by atoms with Crippen molar-refractivity contribution >= 4 is 22.5 Å². The van der Waals surface area contributed by atoms with E-state index in [1.807, 2.05) is 0 Å². The molecule has 0 atom stereocenters. The van der Waals surface area contributed by atoms with Crippen LogP contribution in [0.4, 0.5) is 9.93 Å². The maximum Gasteiger partial charge on any atom is 0.323 e. The van der Waals surface area contributed by atoms with Gasteiger partial charge in [0.05, 0.1) is 6.61 Å². The molecular weight excluding hydrogens is 264 g/mol. The van der Waals surface area contributed by atoms with Crippen molar-refractivity contribution in [3.8, 4) is 0 Å². The number of carbonyl (C=O) groups is 1. The lowest BCUT2D eigenvalue weighted by molar-refractivity contribution is 0.187. The van der Waals surface area contributed by atoms with Gasteiger partial charge >= 0.3 is 6.03 Å². The van der Waals surface area contributed by atoms with E-state index in [0.29, 0.717) is 24.1 Å². The summed E-state index contributed by atoms with van der Waals surface area (Å²) in [6.07, 6.45) is 4.29. The summed E-state index contributed by atoms with van der Waals surface area (Å²) in [5.41, 5.74) is 0. The van der Waals surface area contributed by atoms with Crippen LogP contribution in [0.1, 0.15) is 43.5 Å². The average Bonchev–Trinajstić information content (AvgIpc) is 3.15. The Labute approximate surface area is 116 Å². The van der Waals surface area contributed by atoms with E-state index >= 15 is 0 Å². The van der Waals surface area contributed by atoms with Gasteiger partial charge in [-0.3, -0.25) is 5.32 Å². The molecule has 0 spiro atoms. The summed E-state index contributed by atoms with van der Waals surface area (Å²) in [4.78, 5) is 13.7. The van der Waals surface area contributed by atoms with Gasteiger partial charge in [-0.1, -0.05) is 24.7 Å². The third-order valence-corrected chi connectivity index (χ3v) is 4.02. The molecule has 0 radical (unpaired) electrons. The normalized spacial score (nSPS) is 14.4. The van der Waals surface area contributed by atoms with Crippen LogP contribution in [0.25, 0.3) is 0 Å². The molecule has 1 aliphatic carbocycles. The molecule has 1 aliphatic rings. The Kier molecular flexibility index (Phi) is 5.09. The number of nitrogens with one attached hydrogen (secondary N) is 1. The van der Waals surface area contributed by atoms with Crippen LogP contribution >= 0.6 is 11.3 Å². The Bertz CT molecular complexity index is 420. The van der Waals surface area contributed by atoms with Crippen LogP contribution in [-0.2, 0) is 0 Å². The standard InChI is InChI=1S/C12H20N4O2S/c1-2-3-6-16(7-8-17)12(18)13-11-15-14-10(19-11)9-4-5-9/h9,17H,2-8H2,1H3,(H,13,15,18). The van der Waals surface area contributed by atoms with Crippen molar-refractivity contribution in [2.45, 2.75) is 38.5 Å². The minimum Gasteiger partial charge on any atom is -0.395 e. The van der Waals surface area contributed by atoms with E-state index in [9.17, 15) is 4.79 Å². The minimum atomic E-state index is -0.207. The largest absolute Gasteiger partial charge is 0.395 e. The zero-order valence-electron chi connectivity index (χ0n) is 11.1. The number of anilines is 1. The molecule has 2 rings (SSSR count). The number of hydrogen-bond acceptors (Lipinski definition) is 5. The van der Waals surface area contributed by atoms with Gasteiger partial charge in [-0.15, -0.1) is 10.2 Å². The van der Waals surface area contributed by atoms with E-state index in [2.05, 4.69) is 22.4 Å². The van der Waals surface area contributed by atoms with Crippen LogP contribution in [0, 0.1) is 0 Å². The minimum absolute atomic E-state index is 0.0272. The molecule has 0 aromatic carbocycles. The maximum absolute atomic E-state index is 12.0. The van der Waals surface area contributed by atoms with Crippen LogP contribution in [0.5, 0.6) is 0 Å². The van der Waals surface area contributed by atoms with E-state index in [1.54, 1.807) is 4.90 Å². The second kappa shape index (κ2) is 6.81. The lowest BCUT2D eigenvalue weighted by atomic mass is 10.3. The number of aromatic nitrogens is 2. The summed E-state index contributed by atoms with van der Waals surface area (Å²) in [5, 5.41) is 21.4. The van der Waals surface area contributed by atoms with Gasteiger partial charge in [-0.05, 0) is 19.3 Å². The van der Waals surface area contributed by atoms with Crippen molar-refractivity contribution in [1.82, 2.24) is 15.1 Å². The SMILES string of the molecule is CCCCN(CCO)C(=O)Nc1nnc(C2CC2)s1. The number of unbranched alkanes of at least 4 members (excludes halogenated alkanes) is 1. The van der Waals surface area contributed by atoms with E-state index in [4.69, 9.17) is 5.11 Å². The number of amides is 2. The molecule has 2 amide bonds. The average molecular weight is 284 g/mol. The Morgan fingerprint density at radius 3 is 2.89 bits per heavy atom. The first-order chi connectivity index (χ1) is 9.24. The second-order valence-electron chi connectivity index (χ2n) is 4.71. The molecule has 0 saturated heterocycles. The van der Waals surface area contributed by atoms with Gasteiger partial charge in [0.1, 0.15) is 5.01 Å². The van der Waals surface area contributed by atoms with Gasteiger partial charge in [0, 0.05) is 19.0 Å². The predicted octanol–water partition coefficient (Wildman–Crippen LogP) is 2.04. The lowest BCUT2D eigenvalue weighted by Crippen LogP contribution is -2.37. The van der Waals surface area contributed by atoms with E-state index in [-0.39, 0.29) is 12.6 Å². The maximum atomic E-state index is 12.0. The van der Waals surface area contributed by atoms with Crippen molar-refractivity contribution in [3.63, 3.8) is 0 Å². The zero-order chi connectivity index (χ0) is 13.7. The Morgan fingerprint density at radius 1 is 1.47 bits per heavy atom. The fourth-order valence-corrected chi connectivity index (χ4v) is 2.64. The second-order valence-corrected chi connectivity index (χ2v) is 5.72. The highest BCUT2D eigenvalue weighted by Crippen LogP contribution is 2.42. The first-order valence-corrected chi connectivity index (χ1v) is 7.56. The quantitative estimate of drug-likeness (QED) is 0.803. The topological polar surface area (TPSA) is 78.4 Å². The number of carbonyl (C=O) groups excluding carboxylic acids is 1. The summed E-state index contributed by atoms with van der Waals surface area (Å²) < 4.78 is 0. The molecule has 1 aromatic rings. The number of rotatable bonds is 7. The van der Waals surface area contributed by atoms with Crippen LogP contribution in [0.15, 0.2) is 0 Å². The number of aliphatic hydroxyl groups is 1. The molecule has 1 aromatic heterocycles. The van der Waals surface area contributed by atoms with Gasteiger partial charge < -0.3 is 10.0 Å². The summed E-state index contributed by atoms with van der Waals surface area (Å²) in [6, 6.07) is -0.207. The first-order valence-electron chi connectivity index (χ1n) is 6.74. The van der Waals surface area contributed by atoms with Gasteiger partial charge in [0.2, 0.25) is 5.13 Å². The molecule has 0 aliphatic heterocycles.